The van der Waals surface area contributed by atoms with Gasteiger partial charge in [-0.25, -0.2) is 0 Å². The predicted molar refractivity (Wildman–Crippen MR) is 73.4 cm³/mol. The van der Waals surface area contributed by atoms with Crippen LogP contribution in [0.25, 0.3) is 0 Å². The van der Waals surface area contributed by atoms with Crippen molar-refractivity contribution < 1.29 is 9.53 Å². The molecule has 3 nitrogen and oxygen atoms in total. The number of hydrogen-bond donors (Lipinski definition) is 1. The van der Waals surface area contributed by atoms with Gasteiger partial charge >= 0.3 is 0 Å². The molecule has 0 saturated heterocycles. The van der Waals surface area contributed by atoms with E-state index in [-0.39, 0.29) is 17.6 Å². The fraction of sp³-hybridized carbons (Fsp3) is 0.923. The van der Waals surface area contributed by atoms with E-state index in [4.69, 9.17) is 4.74 Å². The lowest BCUT2D eigenvalue weighted by Crippen LogP contribution is -2.46. The first-order valence-corrected chi connectivity index (χ1v) is 7.54. The Hall–Kier alpha value is -0.0900. The van der Waals surface area contributed by atoms with Gasteiger partial charge in [0.2, 0.25) is 5.91 Å². The van der Waals surface area contributed by atoms with Crippen molar-refractivity contribution in [2.75, 3.05) is 12.4 Å². The summed E-state index contributed by atoms with van der Waals surface area (Å²) in [6.45, 7) is 4.34. The van der Waals surface area contributed by atoms with Crippen molar-refractivity contribution in [2.24, 2.45) is 5.92 Å². The highest BCUT2D eigenvalue weighted by Crippen LogP contribution is 2.37. The van der Waals surface area contributed by atoms with Gasteiger partial charge in [-0.1, -0.05) is 29.8 Å². The zero-order valence-corrected chi connectivity index (χ0v) is 12.7. The number of amides is 1. The highest BCUT2D eigenvalue weighted by atomic mass is 79.9. The van der Waals surface area contributed by atoms with Crippen LogP contribution in [0.1, 0.15) is 46.0 Å². The normalized spacial score (nSPS) is 19.8. The second-order valence-corrected chi connectivity index (χ2v) is 6.11. The van der Waals surface area contributed by atoms with Crippen molar-refractivity contribution in [3.63, 3.8) is 0 Å². The molecular formula is C13H24BrNO2. The number of halogens is 1. The lowest BCUT2D eigenvalue weighted by Gasteiger charge is -2.40. The van der Waals surface area contributed by atoms with Gasteiger partial charge < -0.3 is 10.1 Å². The Labute approximate surface area is 113 Å². The number of carbonyl (C=O) groups excluding carboxylic acids is 1. The van der Waals surface area contributed by atoms with Crippen LogP contribution >= 0.6 is 15.9 Å². The molecule has 1 fully saturated rings. The summed E-state index contributed by atoms with van der Waals surface area (Å²) >= 11 is 3.45. The van der Waals surface area contributed by atoms with Crippen molar-refractivity contribution in [1.29, 1.82) is 0 Å². The fourth-order valence-corrected chi connectivity index (χ4v) is 2.75. The molecule has 1 rings (SSSR count). The second-order valence-electron chi connectivity index (χ2n) is 5.47. The number of carbonyl (C=O) groups is 1. The monoisotopic (exact) mass is 305 g/mol. The molecule has 0 radical (unpaired) electrons. The topological polar surface area (TPSA) is 38.3 Å². The highest BCUT2D eigenvalue weighted by Gasteiger charge is 2.39. The Morgan fingerprint density at radius 2 is 2.12 bits per heavy atom. The molecule has 1 amide bonds. The number of hydrogen-bond acceptors (Lipinski definition) is 2. The minimum absolute atomic E-state index is 0.122. The summed E-state index contributed by atoms with van der Waals surface area (Å²) < 4.78 is 5.47. The fourth-order valence-electron chi connectivity index (χ4n) is 2.33. The van der Waals surface area contributed by atoms with Gasteiger partial charge in [0, 0.05) is 18.5 Å². The maximum absolute atomic E-state index is 11.9. The summed E-state index contributed by atoms with van der Waals surface area (Å²) in [5.74, 6) is 0.717. The molecule has 0 bridgehead atoms. The van der Waals surface area contributed by atoms with Crippen LogP contribution in [0.2, 0.25) is 0 Å². The van der Waals surface area contributed by atoms with E-state index in [2.05, 4.69) is 35.1 Å². The van der Waals surface area contributed by atoms with E-state index < -0.39 is 0 Å². The summed E-state index contributed by atoms with van der Waals surface area (Å²) in [7, 11) is 1.71. The number of ether oxygens (including phenoxy) is 1. The van der Waals surface area contributed by atoms with Gasteiger partial charge in [-0.3, -0.25) is 4.79 Å². The van der Waals surface area contributed by atoms with Crippen LogP contribution in [0, 0.1) is 5.92 Å². The Kier molecular flexibility index (Phi) is 5.93. The standard InChI is InChI=1S/C13H24BrNO2/c1-10(2)7-11(9-14)15-12(16)8-13(17-3)5-4-6-13/h10-11H,4-9H2,1-3H3,(H,15,16). The average molecular weight is 306 g/mol. The number of methoxy groups -OCH3 is 1. The molecule has 1 aliphatic rings. The minimum atomic E-state index is -0.168. The lowest BCUT2D eigenvalue weighted by atomic mass is 9.77. The molecule has 0 aromatic rings. The van der Waals surface area contributed by atoms with Crippen molar-refractivity contribution in [3.8, 4) is 0 Å². The molecule has 1 unspecified atom stereocenters. The second kappa shape index (κ2) is 6.74. The predicted octanol–water partition coefficient (Wildman–Crippen LogP) is 2.87. The Morgan fingerprint density at radius 3 is 2.47 bits per heavy atom. The van der Waals surface area contributed by atoms with E-state index in [1.165, 1.54) is 6.42 Å². The van der Waals surface area contributed by atoms with Crippen molar-refractivity contribution >= 4 is 21.8 Å². The zero-order chi connectivity index (χ0) is 12.9. The highest BCUT2D eigenvalue weighted by molar-refractivity contribution is 9.09. The lowest BCUT2D eigenvalue weighted by molar-refractivity contribution is -0.134. The number of alkyl halides is 1. The summed E-state index contributed by atoms with van der Waals surface area (Å²) in [6.07, 6.45) is 4.72. The van der Waals surface area contributed by atoms with Crippen LogP contribution in [0.5, 0.6) is 0 Å². The van der Waals surface area contributed by atoms with E-state index >= 15 is 0 Å². The summed E-state index contributed by atoms with van der Waals surface area (Å²) in [6, 6.07) is 0.233. The molecule has 0 aromatic carbocycles. The van der Waals surface area contributed by atoms with Crippen LogP contribution in [-0.4, -0.2) is 30.0 Å². The van der Waals surface area contributed by atoms with Crippen LogP contribution < -0.4 is 5.32 Å². The van der Waals surface area contributed by atoms with Gasteiger partial charge in [0.15, 0.2) is 0 Å². The smallest absolute Gasteiger partial charge is 0.223 e. The largest absolute Gasteiger partial charge is 0.378 e. The number of rotatable bonds is 7. The SMILES string of the molecule is COC1(CC(=O)NC(CBr)CC(C)C)CCC1. The zero-order valence-electron chi connectivity index (χ0n) is 11.1. The third kappa shape index (κ3) is 4.59. The molecule has 0 spiro atoms. The van der Waals surface area contributed by atoms with Gasteiger partial charge in [-0.05, 0) is 31.6 Å². The third-order valence-corrected chi connectivity index (χ3v) is 4.27. The minimum Gasteiger partial charge on any atom is -0.378 e. The molecule has 0 aromatic heterocycles. The number of nitrogens with one attached hydrogen (secondary N) is 1. The quantitative estimate of drug-likeness (QED) is 0.735. The van der Waals surface area contributed by atoms with Crippen molar-refractivity contribution in [2.45, 2.75) is 57.6 Å². The maximum atomic E-state index is 11.9. The molecule has 1 atom stereocenters. The molecule has 0 aliphatic heterocycles. The van der Waals surface area contributed by atoms with Gasteiger partial charge in [0.05, 0.1) is 12.0 Å². The van der Waals surface area contributed by atoms with Crippen LogP contribution in [0.15, 0.2) is 0 Å². The average Bonchev–Trinajstić information content (AvgIpc) is 2.21. The van der Waals surface area contributed by atoms with E-state index in [0.717, 1.165) is 24.6 Å². The molecule has 1 N–H and O–H groups in total. The molecule has 100 valence electrons. The van der Waals surface area contributed by atoms with Gasteiger partial charge in [-0.2, -0.15) is 0 Å². The van der Waals surface area contributed by atoms with E-state index in [9.17, 15) is 4.79 Å². The summed E-state index contributed by atoms with van der Waals surface area (Å²) in [4.78, 5) is 11.9. The van der Waals surface area contributed by atoms with Crippen molar-refractivity contribution in [3.05, 3.63) is 0 Å². The summed E-state index contributed by atoms with van der Waals surface area (Å²) in [5.41, 5.74) is -0.168. The van der Waals surface area contributed by atoms with E-state index in [1.807, 2.05) is 0 Å². The first kappa shape index (κ1) is 15.0. The maximum Gasteiger partial charge on any atom is 0.223 e. The molecule has 17 heavy (non-hydrogen) atoms. The van der Waals surface area contributed by atoms with Gasteiger partial charge in [0.25, 0.3) is 0 Å². The molecule has 0 heterocycles. The Balaban J connectivity index is 2.36. The first-order valence-electron chi connectivity index (χ1n) is 6.42. The first-order chi connectivity index (χ1) is 8.01. The van der Waals surface area contributed by atoms with Crippen LogP contribution in [0.4, 0.5) is 0 Å². The van der Waals surface area contributed by atoms with Crippen molar-refractivity contribution in [1.82, 2.24) is 5.32 Å². The van der Waals surface area contributed by atoms with Gasteiger partial charge in [0.1, 0.15) is 0 Å². The van der Waals surface area contributed by atoms with Gasteiger partial charge in [-0.15, -0.1) is 0 Å². The molecule has 4 heteroatoms. The Bertz CT molecular complexity index is 246. The molecular weight excluding hydrogens is 282 g/mol. The van der Waals surface area contributed by atoms with E-state index in [0.29, 0.717) is 12.3 Å². The molecule has 1 saturated carbocycles. The van der Waals surface area contributed by atoms with Crippen LogP contribution in [0.3, 0.4) is 0 Å². The van der Waals surface area contributed by atoms with Crippen LogP contribution in [-0.2, 0) is 9.53 Å². The molecule has 1 aliphatic carbocycles. The summed E-state index contributed by atoms with van der Waals surface area (Å²) in [5, 5.41) is 3.91. The van der Waals surface area contributed by atoms with E-state index in [1.54, 1.807) is 7.11 Å². The Morgan fingerprint density at radius 1 is 1.47 bits per heavy atom. The third-order valence-electron chi connectivity index (χ3n) is 3.49.